The molecule has 0 saturated carbocycles. The molecule has 0 unspecified atom stereocenters. The quantitative estimate of drug-likeness (QED) is 0.458. The second-order valence-corrected chi connectivity index (χ2v) is 7.40. The minimum atomic E-state index is -0.608. The molecule has 5 heteroatoms. The number of benzene rings is 3. The number of rotatable bonds is 4. The van der Waals surface area contributed by atoms with Gasteiger partial charge in [-0.3, -0.25) is 9.59 Å². The molecular formula is C25H20FNO3. The predicted octanol–water partition coefficient (Wildman–Crippen LogP) is 5.97. The molecule has 150 valence electrons. The first-order valence-electron chi connectivity index (χ1n) is 9.66. The Morgan fingerprint density at radius 2 is 1.70 bits per heavy atom. The second-order valence-electron chi connectivity index (χ2n) is 7.40. The fourth-order valence-electron chi connectivity index (χ4n) is 3.25. The molecule has 0 aliphatic heterocycles. The summed E-state index contributed by atoms with van der Waals surface area (Å²) in [6.45, 7) is 4.24. The third kappa shape index (κ3) is 3.87. The maximum absolute atomic E-state index is 13.8. The zero-order valence-electron chi connectivity index (χ0n) is 16.6. The van der Waals surface area contributed by atoms with Crippen LogP contribution in [0.1, 0.15) is 35.7 Å². The third-order valence-electron chi connectivity index (χ3n) is 4.97. The van der Waals surface area contributed by atoms with Crippen molar-refractivity contribution >= 4 is 22.6 Å². The predicted molar refractivity (Wildman–Crippen MR) is 116 cm³/mol. The first-order valence-corrected chi connectivity index (χ1v) is 9.66. The molecule has 0 fully saturated rings. The van der Waals surface area contributed by atoms with Crippen molar-refractivity contribution in [2.75, 3.05) is 5.32 Å². The summed E-state index contributed by atoms with van der Waals surface area (Å²) in [4.78, 5) is 25.0. The van der Waals surface area contributed by atoms with Crippen molar-refractivity contribution in [2.45, 2.75) is 19.8 Å². The van der Waals surface area contributed by atoms with Gasteiger partial charge in [0.05, 0.1) is 10.9 Å². The van der Waals surface area contributed by atoms with Crippen molar-refractivity contribution in [3.05, 3.63) is 100.0 Å². The molecule has 0 saturated heterocycles. The van der Waals surface area contributed by atoms with Crippen LogP contribution >= 0.6 is 0 Å². The molecule has 1 heterocycles. The van der Waals surface area contributed by atoms with E-state index in [1.54, 1.807) is 18.2 Å². The molecule has 4 aromatic rings. The molecule has 3 aromatic carbocycles. The van der Waals surface area contributed by atoms with E-state index in [0.29, 0.717) is 28.3 Å². The van der Waals surface area contributed by atoms with E-state index in [1.165, 1.54) is 35.9 Å². The van der Waals surface area contributed by atoms with E-state index in [-0.39, 0.29) is 11.0 Å². The highest BCUT2D eigenvalue weighted by Gasteiger charge is 2.13. The highest BCUT2D eigenvalue weighted by molar-refractivity contribution is 6.05. The Morgan fingerprint density at radius 3 is 2.40 bits per heavy atom. The summed E-state index contributed by atoms with van der Waals surface area (Å²) in [6.07, 6.45) is 0. The number of halogens is 1. The Hall–Kier alpha value is -3.73. The first-order chi connectivity index (χ1) is 14.4. The first kappa shape index (κ1) is 19.6. The van der Waals surface area contributed by atoms with Crippen LogP contribution in [0.4, 0.5) is 10.1 Å². The van der Waals surface area contributed by atoms with Crippen LogP contribution in [0.5, 0.6) is 0 Å². The fraction of sp³-hybridized carbons (Fsp3) is 0.120. The molecule has 0 bridgehead atoms. The van der Waals surface area contributed by atoms with Gasteiger partial charge in [0.1, 0.15) is 17.2 Å². The topological polar surface area (TPSA) is 59.3 Å². The molecule has 0 atom stereocenters. The van der Waals surface area contributed by atoms with Gasteiger partial charge in [0.15, 0.2) is 5.43 Å². The third-order valence-corrected chi connectivity index (χ3v) is 4.97. The van der Waals surface area contributed by atoms with Crippen molar-refractivity contribution in [1.82, 2.24) is 0 Å². The van der Waals surface area contributed by atoms with E-state index in [9.17, 15) is 14.0 Å². The molecule has 4 rings (SSSR count). The molecule has 1 amide bonds. The van der Waals surface area contributed by atoms with Gasteiger partial charge in [0, 0.05) is 17.3 Å². The fourth-order valence-corrected chi connectivity index (χ4v) is 3.25. The summed E-state index contributed by atoms with van der Waals surface area (Å²) in [7, 11) is 0. The summed E-state index contributed by atoms with van der Waals surface area (Å²) in [5, 5.41) is 2.96. The van der Waals surface area contributed by atoms with Gasteiger partial charge in [0.25, 0.3) is 5.91 Å². The number of nitrogens with one attached hydrogen (secondary N) is 1. The summed E-state index contributed by atoms with van der Waals surface area (Å²) < 4.78 is 19.7. The lowest BCUT2D eigenvalue weighted by atomic mass is 10.0. The van der Waals surface area contributed by atoms with Crippen LogP contribution in [0.2, 0.25) is 0 Å². The number of amides is 1. The average Bonchev–Trinajstić information content (AvgIpc) is 2.74. The van der Waals surface area contributed by atoms with E-state index in [0.717, 1.165) is 5.56 Å². The lowest BCUT2D eigenvalue weighted by Gasteiger charge is -2.09. The van der Waals surface area contributed by atoms with Crippen LogP contribution < -0.4 is 10.7 Å². The number of carbonyl (C=O) groups is 1. The molecule has 1 N–H and O–H groups in total. The van der Waals surface area contributed by atoms with Gasteiger partial charge in [0.2, 0.25) is 0 Å². The maximum atomic E-state index is 13.8. The SMILES string of the molecule is CC(C)c1ccc(-c2cc(=O)c3cc(NC(=O)c4ccccc4F)ccc3o2)cc1. The summed E-state index contributed by atoms with van der Waals surface area (Å²) in [6, 6.07) is 19.8. The Kier molecular flexibility index (Phi) is 5.19. The van der Waals surface area contributed by atoms with E-state index in [1.807, 2.05) is 24.3 Å². The molecule has 0 aliphatic rings. The van der Waals surface area contributed by atoms with Crippen LogP contribution in [0.25, 0.3) is 22.3 Å². The Morgan fingerprint density at radius 1 is 0.967 bits per heavy atom. The number of anilines is 1. The van der Waals surface area contributed by atoms with Gasteiger partial charge in [-0.1, -0.05) is 50.2 Å². The molecule has 1 aromatic heterocycles. The van der Waals surface area contributed by atoms with E-state index in [2.05, 4.69) is 19.2 Å². The zero-order chi connectivity index (χ0) is 21.3. The minimum absolute atomic E-state index is 0.0650. The van der Waals surface area contributed by atoms with Crippen LogP contribution in [-0.4, -0.2) is 5.91 Å². The van der Waals surface area contributed by atoms with Gasteiger partial charge in [-0.25, -0.2) is 4.39 Å². The smallest absolute Gasteiger partial charge is 0.258 e. The second kappa shape index (κ2) is 7.95. The number of carbonyl (C=O) groups excluding carboxylic acids is 1. The van der Waals surface area contributed by atoms with Crippen molar-refractivity contribution in [3.8, 4) is 11.3 Å². The minimum Gasteiger partial charge on any atom is -0.456 e. The maximum Gasteiger partial charge on any atom is 0.258 e. The highest BCUT2D eigenvalue weighted by Crippen LogP contribution is 2.26. The summed E-state index contributed by atoms with van der Waals surface area (Å²) in [5.74, 6) is -0.297. The number of fused-ring (bicyclic) bond motifs is 1. The molecule has 4 nitrogen and oxygen atoms in total. The molecular weight excluding hydrogens is 381 g/mol. The van der Waals surface area contributed by atoms with Gasteiger partial charge in [-0.2, -0.15) is 0 Å². The Bertz CT molecular complexity index is 1290. The van der Waals surface area contributed by atoms with E-state index >= 15 is 0 Å². The van der Waals surface area contributed by atoms with Gasteiger partial charge < -0.3 is 9.73 Å². The molecule has 0 radical (unpaired) electrons. The normalized spacial score (nSPS) is 11.1. The molecule has 30 heavy (non-hydrogen) atoms. The monoisotopic (exact) mass is 401 g/mol. The highest BCUT2D eigenvalue weighted by atomic mass is 19.1. The van der Waals surface area contributed by atoms with Gasteiger partial charge in [-0.05, 0) is 41.8 Å². The molecule has 0 spiro atoms. The molecule has 0 aliphatic carbocycles. The Balaban J connectivity index is 1.65. The van der Waals surface area contributed by atoms with Crippen LogP contribution in [0.3, 0.4) is 0 Å². The van der Waals surface area contributed by atoms with Gasteiger partial charge >= 0.3 is 0 Å². The van der Waals surface area contributed by atoms with Crippen molar-refractivity contribution < 1.29 is 13.6 Å². The van der Waals surface area contributed by atoms with Crippen LogP contribution in [0.15, 0.2) is 82.0 Å². The van der Waals surface area contributed by atoms with Crippen molar-refractivity contribution in [1.29, 1.82) is 0 Å². The number of hydrogen-bond donors (Lipinski definition) is 1. The lowest BCUT2D eigenvalue weighted by Crippen LogP contribution is -2.14. The largest absolute Gasteiger partial charge is 0.456 e. The van der Waals surface area contributed by atoms with E-state index < -0.39 is 11.7 Å². The van der Waals surface area contributed by atoms with Crippen molar-refractivity contribution in [2.24, 2.45) is 0 Å². The Labute approximate surface area is 173 Å². The number of hydrogen-bond acceptors (Lipinski definition) is 3. The van der Waals surface area contributed by atoms with E-state index in [4.69, 9.17) is 4.42 Å². The zero-order valence-corrected chi connectivity index (χ0v) is 16.6. The van der Waals surface area contributed by atoms with Crippen LogP contribution in [0, 0.1) is 5.82 Å². The van der Waals surface area contributed by atoms with Crippen LogP contribution in [-0.2, 0) is 0 Å². The van der Waals surface area contributed by atoms with Gasteiger partial charge in [-0.15, -0.1) is 0 Å². The summed E-state index contributed by atoms with van der Waals surface area (Å²) >= 11 is 0. The lowest BCUT2D eigenvalue weighted by molar-refractivity contribution is 0.102. The summed E-state index contributed by atoms with van der Waals surface area (Å²) in [5.41, 5.74) is 2.53. The standard InChI is InChI=1S/C25H20FNO3/c1-15(2)16-7-9-17(10-8-16)24-14-22(28)20-13-18(11-12-23(20)30-24)27-25(29)19-5-3-4-6-21(19)26/h3-15H,1-2H3,(H,27,29). The average molecular weight is 401 g/mol. The van der Waals surface area contributed by atoms with Crippen molar-refractivity contribution in [3.63, 3.8) is 0 Å².